The molecule has 0 fully saturated rings. The Morgan fingerprint density at radius 1 is 1.43 bits per heavy atom. The summed E-state index contributed by atoms with van der Waals surface area (Å²) in [5.74, 6) is 0.634. The first kappa shape index (κ1) is 11.2. The summed E-state index contributed by atoms with van der Waals surface area (Å²) in [5.41, 5.74) is 7.39. The van der Waals surface area contributed by atoms with E-state index in [0.717, 1.165) is 19.3 Å². The maximum Gasteiger partial charge on any atom is 0.0522 e. The standard InChI is InChI=1S/C11H21N3/c1-4-10(5-2)11(12)6-9-7-13-14(3)8-9/h7-8,10-11H,4-6,12H2,1-3H3. The van der Waals surface area contributed by atoms with Crippen LogP contribution in [-0.2, 0) is 13.5 Å². The molecule has 0 amide bonds. The van der Waals surface area contributed by atoms with Gasteiger partial charge in [-0.15, -0.1) is 0 Å². The lowest BCUT2D eigenvalue weighted by Gasteiger charge is -2.20. The van der Waals surface area contributed by atoms with E-state index in [1.807, 2.05) is 24.1 Å². The SMILES string of the molecule is CCC(CC)C(N)Cc1cnn(C)c1. The molecule has 0 aliphatic heterocycles. The Balaban J connectivity index is 2.51. The second-order valence-electron chi connectivity index (χ2n) is 3.97. The van der Waals surface area contributed by atoms with Gasteiger partial charge in [0.2, 0.25) is 0 Å². The fraction of sp³-hybridized carbons (Fsp3) is 0.727. The molecule has 0 saturated carbocycles. The van der Waals surface area contributed by atoms with Gasteiger partial charge in [0.15, 0.2) is 0 Å². The minimum absolute atomic E-state index is 0.272. The van der Waals surface area contributed by atoms with Crippen molar-refractivity contribution >= 4 is 0 Å². The molecule has 1 aromatic rings. The molecule has 1 atom stereocenters. The van der Waals surface area contributed by atoms with Crippen LogP contribution in [0.5, 0.6) is 0 Å². The number of rotatable bonds is 5. The Bertz CT molecular complexity index is 263. The van der Waals surface area contributed by atoms with Crippen molar-refractivity contribution in [2.45, 2.75) is 39.2 Å². The third kappa shape index (κ3) is 2.84. The molecule has 1 aromatic heterocycles. The number of nitrogens with two attached hydrogens (primary N) is 1. The van der Waals surface area contributed by atoms with Gasteiger partial charge in [-0.1, -0.05) is 26.7 Å². The molecule has 1 unspecified atom stereocenters. The summed E-state index contributed by atoms with van der Waals surface area (Å²) >= 11 is 0. The van der Waals surface area contributed by atoms with Gasteiger partial charge in [-0.2, -0.15) is 5.10 Å². The van der Waals surface area contributed by atoms with Crippen LogP contribution in [-0.4, -0.2) is 15.8 Å². The lowest BCUT2D eigenvalue weighted by atomic mass is 9.91. The Morgan fingerprint density at radius 2 is 2.07 bits per heavy atom. The average molecular weight is 195 g/mol. The van der Waals surface area contributed by atoms with Crippen LogP contribution in [0.4, 0.5) is 0 Å². The van der Waals surface area contributed by atoms with Gasteiger partial charge in [-0.3, -0.25) is 4.68 Å². The Hall–Kier alpha value is -0.830. The molecule has 1 heterocycles. The van der Waals surface area contributed by atoms with Gasteiger partial charge in [-0.25, -0.2) is 0 Å². The highest BCUT2D eigenvalue weighted by Crippen LogP contribution is 2.15. The van der Waals surface area contributed by atoms with Gasteiger partial charge < -0.3 is 5.73 Å². The molecule has 2 N–H and O–H groups in total. The van der Waals surface area contributed by atoms with Crippen molar-refractivity contribution in [3.05, 3.63) is 18.0 Å². The molecule has 1 rings (SSSR count). The molecular formula is C11H21N3. The monoisotopic (exact) mass is 195 g/mol. The van der Waals surface area contributed by atoms with Crippen LogP contribution in [0.2, 0.25) is 0 Å². The topological polar surface area (TPSA) is 43.8 Å². The molecule has 14 heavy (non-hydrogen) atoms. The summed E-state index contributed by atoms with van der Waals surface area (Å²) in [5, 5.41) is 4.14. The summed E-state index contributed by atoms with van der Waals surface area (Å²) in [6.45, 7) is 4.41. The van der Waals surface area contributed by atoms with E-state index in [2.05, 4.69) is 18.9 Å². The third-order valence-electron chi connectivity index (χ3n) is 2.88. The normalized spacial score (nSPS) is 13.5. The lowest BCUT2D eigenvalue weighted by Crippen LogP contribution is -2.31. The van der Waals surface area contributed by atoms with E-state index in [1.165, 1.54) is 5.56 Å². The first-order valence-electron chi connectivity index (χ1n) is 5.40. The van der Waals surface area contributed by atoms with Gasteiger partial charge in [0.25, 0.3) is 0 Å². The molecule has 0 saturated heterocycles. The fourth-order valence-electron chi connectivity index (χ4n) is 1.91. The fourth-order valence-corrected chi connectivity index (χ4v) is 1.91. The molecular weight excluding hydrogens is 174 g/mol. The average Bonchev–Trinajstić information content (AvgIpc) is 2.53. The van der Waals surface area contributed by atoms with Crippen LogP contribution in [0.25, 0.3) is 0 Å². The van der Waals surface area contributed by atoms with Gasteiger partial charge in [0.05, 0.1) is 6.20 Å². The summed E-state index contributed by atoms with van der Waals surface area (Å²) in [7, 11) is 1.94. The van der Waals surface area contributed by atoms with E-state index >= 15 is 0 Å². The predicted molar refractivity (Wildman–Crippen MR) is 59.0 cm³/mol. The molecule has 3 nitrogen and oxygen atoms in total. The summed E-state index contributed by atoms with van der Waals surface area (Å²) in [4.78, 5) is 0. The summed E-state index contributed by atoms with van der Waals surface area (Å²) in [6, 6.07) is 0.272. The van der Waals surface area contributed by atoms with Crippen LogP contribution in [0.3, 0.4) is 0 Å². The van der Waals surface area contributed by atoms with E-state index in [9.17, 15) is 0 Å². The maximum atomic E-state index is 6.14. The van der Waals surface area contributed by atoms with Gasteiger partial charge in [0, 0.05) is 19.3 Å². The van der Waals surface area contributed by atoms with E-state index < -0.39 is 0 Å². The Kier molecular flexibility index (Phi) is 4.14. The quantitative estimate of drug-likeness (QED) is 0.777. The molecule has 0 spiro atoms. The molecule has 80 valence electrons. The van der Waals surface area contributed by atoms with Crippen molar-refractivity contribution in [1.29, 1.82) is 0 Å². The Labute approximate surface area is 86.3 Å². The second-order valence-corrected chi connectivity index (χ2v) is 3.97. The Morgan fingerprint density at radius 3 is 2.50 bits per heavy atom. The van der Waals surface area contributed by atoms with E-state index in [-0.39, 0.29) is 6.04 Å². The van der Waals surface area contributed by atoms with Gasteiger partial charge in [0.1, 0.15) is 0 Å². The van der Waals surface area contributed by atoms with Crippen LogP contribution >= 0.6 is 0 Å². The molecule has 0 radical (unpaired) electrons. The smallest absolute Gasteiger partial charge is 0.0522 e. The van der Waals surface area contributed by atoms with Crippen LogP contribution in [0, 0.1) is 5.92 Å². The number of hydrogen-bond donors (Lipinski definition) is 1. The number of aryl methyl sites for hydroxylation is 1. The highest BCUT2D eigenvalue weighted by Gasteiger charge is 2.14. The highest BCUT2D eigenvalue weighted by molar-refractivity contribution is 5.06. The zero-order valence-electron chi connectivity index (χ0n) is 9.40. The van der Waals surface area contributed by atoms with E-state index in [0.29, 0.717) is 5.92 Å². The molecule has 0 aliphatic carbocycles. The summed E-state index contributed by atoms with van der Waals surface area (Å²) < 4.78 is 1.83. The minimum Gasteiger partial charge on any atom is -0.327 e. The maximum absolute atomic E-state index is 6.14. The molecule has 3 heteroatoms. The van der Waals surface area contributed by atoms with Crippen molar-refractivity contribution in [3.8, 4) is 0 Å². The summed E-state index contributed by atoms with van der Waals surface area (Å²) in [6.07, 6.45) is 7.22. The molecule has 0 aromatic carbocycles. The lowest BCUT2D eigenvalue weighted by molar-refractivity contribution is 0.393. The van der Waals surface area contributed by atoms with Crippen LogP contribution < -0.4 is 5.73 Å². The minimum atomic E-state index is 0.272. The largest absolute Gasteiger partial charge is 0.327 e. The number of nitrogens with zero attached hydrogens (tertiary/aromatic N) is 2. The zero-order valence-corrected chi connectivity index (χ0v) is 9.40. The van der Waals surface area contributed by atoms with Crippen molar-refractivity contribution in [2.75, 3.05) is 0 Å². The van der Waals surface area contributed by atoms with E-state index in [1.54, 1.807) is 0 Å². The number of hydrogen-bond acceptors (Lipinski definition) is 2. The van der Waals surface area contributed by atoms with Crippen molar-refractivity contribution in [2.24, 2.45) is 18.7 Å². The third-order valence-corrected chi connectivity index (χ3v) is 2.88. The predicted octanol–water partition coefficient (Wildman–Crippen LogP) is 1.73. The van der Waals surface area contributed by atoms with Crippen molar-refractivity contribution < 1.29 is 0 Å². The van der Waals surface area contributed by atoms with Crippen LogP contribution in [0.1, 0.15) is 32.3 Å². The molecule has 0 bridgehead atoms. The number of aromatic nitrogens is 2. The van der Waals surface area contributed by atoms with Gasteiger partial charge >= 0.3 is 0 Å². The zero-order chi connectivity index (χ0) is 10.6. The highest BCUT2D eigenvalue weighted by atomic mass is 15.2. The van der Waals surface area contributed by atoms with Gasteiger partial charge in [-0.05, 0) is 17.9 Å². The van der Waals surface area contributed by atoms with E-state index in [4.69, 9.17) is 5.73 Å². The first-order chi connectivity index (χ1) is 6.67. The molecule has 0 aliphatic rings. The van der Waals surface area contributed by atoms with Crippen molar-refractivity contribution in [3.63, 3.8) is 0 Å². The second kappa shape index (κ2) is 5.15. The van der Waals surface area contributed by atoms with Crippen molar-refractivity contribution in [1.82, 2.24) is 9.78 Å². The van der Waals surface area contributed by atoms with Crippen LogP contribution in [0.15, 0.2) is 12.4 Å². The first-order valence-corrected chi connectivity index (χ1v) is 5.40.